The molecule has 0 aliphatic carbocycles. The second kappa shape index (κ2) is 8.08. The Morgan fingerprint density at radius 2 is 1.74 bits per heavy atom. The Labute approximate surface area is 182 Å². The summed E-state index contributed by atoms with van der Waals surface area (Å²) in [5.74, 6) is 1.74. The van der Waals surface area contributed by atoms with Crippen LogP contribution in [0.3, 0.4) is 0 Å². The molecule has 0 saturated carbocycles. The topological polar surface area (TPSA) is 87.0 Å². The number of benzene rings is 3. The third-order valence-electron chi connectivity index (χ3n) is 4.74. The van der Waals surface area contributed by atoms with Gasteiger partial charge in [-0.3, -0.25) is 4.40 Å². The largest absolute Gasteiger partial charge is 0.497 e. The van der Waals surface area contributed by atoms with E-state index in [1.54, 1.807) is 7.11 Å². The highest BCUT2D eigenvalue weighted by Gasteiger charge is 2.10. The number of thiazole rings is 1. The Hall–Kier alpha value is -3.91. The molecule has 0 fully saturated rings. The molecule has 0 spiro atoms. The molecule has 0 aliphatic heterocycles. The second-order valence-corrected chi connectivity index (χ2v) is 7.82. The van der Waals surface area contributed by atoms with Crippen LogP contribution in [0, 0.1) is 0 Å². The number of rotatable bonds is 5. The van der Waals surface area contributed by atoms with E-state index < -0.39 is 0 Å². The number of fused-ring (bicyclic) bond motifs is 3. The van der Waals surface area contributed by atoms with Gasteiger partial charge in [0, 0.05) is 0 Å². The van der Waals surface area contributed by atoms with Gasteiger partial charge < -0.3 is 15.2 Å². The summed E-state index contributed by atoms with van der Waals surface area (Å²) in [6.45, 7) is 0.514. The average molecular weight is 430 g/mol. The summed E-state index contributed by atoms with van der Waals surface area (Å²) in [4.78, 5) is 14.2. The van der Waals surface area contributed by atoms with E-state index in [9.17, 15) is 0 Å². The second-order valence-electron chi connectivity index (χ2n) is 6.82. The van der Waals surface area contributed by atoms with Crippen LogP contribution in [0.25, 0.3) is 15.2 Å². The van der Waals surface area contributed by atoms with E-state index in [-0.39, 0.29) is 5.95 Å². The normalized spacial score (nSPS) is 11.8. The molecular formula is C23H19N5O2S. The minimum absolute atomic E-state index is 0.181. The Kier molecular flexibility index (Phi) is 4.97. The zero-order valence-corrected chi connectivity index (χ0v) is 17.5. The van der Waals surface area contributed by atoms with Crippen LogP contribution in [-0.4, -0.2) is 21.5 Å². The first-order chi connectivity index (χ1) is 15.2. The number of hydrogen-bond acceptors (Lipinski definition) is 7. The van der Waals surface area contributed by atoms with Gasteiger partial charge in [-0.05, 0) is 48.0 Å². The van der Waals surface area contributed by atoms with Gasteiger partial charge >= 0.3 is 0 Å². The van der Waals surface area contributed by atoms with E-state index in [4.69, 9.17) is 20.2 Å². The molecule has 5 rings (SSSR count). The van der Waals surface area contributed by atoms with Crippen molar-refractivity contribution in [2.24, 2.45) is 4.99 Å². The summed E-state index contributed by atoms with van der Waals surface area (Å²) >= 11 is 1.51. The first kappa shape index (κ1) is 19.1. The lowest BCUT2D eigenvalue weighted by Gasteiger charge is -2.06. The highest BCUT2D eigenvalue weighted by molar-refractivity contribution is 7.23. The van der Waals surface area contributed by atoms with Gasteiger partial charge in [-0.25, -0.2) is 4.99 Å². The molecule has 0 radical (unpaired) electrons. The van der Waals surface area contributed by atoms with Crippen LogP contribution in [-0.2, 0) is 6.61 Å². The molecule has 3 aromatic carbocycles. The number of nitrogens with zero attached hydrogens (tertiary/aromatic N) is 4. The van der Waals surface area contributed by atoms with Crippen LogP contribution in [0.1, 0.15) is 5.56 Å². The standard InChI is InChI=1S/C23H19N5O2S/c1-29-18-11-12-19-20(13-18)31-23-27-21(24)26-22(28(19)23)25-16-7-9-17(10-8-16)30-14-15-5-3-2-4-6-15/h2-13H,14H2,1H3,(H2,24,25,26). The number of aromatic nitrogens is 3. The van der Waals surface area contributed by atoms with Crippen molar-refractivity contribution in [2.75, 3.05) is 12.8 Å². The lowest BCUT2D eigenvalue weighted by molar-refractivity contribution is 0.306. The van der Waals surface area contributed by atoms with Crippen molar-refractivity contribution in [1.29, 1.82) is 0 Å². The summed E-state index contributed by atoms with van der Waals surface area (Å²) in [7, 11) is 1.65. The number of ether oxygens (including phenoxy) is 2. The molecule has 0 aliphatic rings. The molecule has 0 saturated heterocycles. The molecule has 0 unspecified atom stereocenters. The van der Waals surface area contributed by atoms with Crippen molar-refractivity contribution in [3.63, 3.8) is 0 Å². The Morgan fingerprint density at radius 3 is 2.52 bits per heavy atom. The molecule has 154 valence electrons. The third-order valence-corrected chi connectivity index (χ3v) is 5.74. The fourth-order valence-electron chi connectivity index (χ4n) is 3.22. The van der Waals surface area contributed by atoms with E-state index in [1.807, 2.05) is 77.2 Å². The molecule has 2 aromatic heterocycles. The molecule has 5 aromatic rings. The van der Waals surface area contributed by atoms with E-state index in [0.29, 0.717) is 12.2 Å². The molecule has 0 bridgehead atoms. The molecule has 0 atom stereocenters. The van der Waals surface area contributed by atoms with Gasteiger partial charge in [-0.1, -0.05) is 41.7 Å². The van der Waals surface area contributed by atoms with Crippen molar-refractivity contribution < 1.29 is 9.47 Å². The summed E-state index contributed by atoms with van der Waals surface area (Å²) in [5.41, 5.74) is 9.22. The monoisotopic (exact) mass is 429 g/mol. The highest BCUT2D eigenvalue weighted by atomic mass is 32.1. The number of anilines is 1. The van der Waals surface area contributed by atoms with E-state index in [2.05, 4.69) is 9.97 Å². The quantitative estimate of drug-likeness (QED) is 0.449. The van der Waals surface area contributed by atoms with Crippen molar-refractivity contribution >= 4 is 38.2 Å². The zero-order valence-electron chi connectivity index (χ0n) is 16.7. The number of nitrogen functional groups attached to an aromatic ring is 1. The van der Waals surface area contributed by atoms with Crippen LogP contribution >= 0.6 is 11.3 Å². The van der Waals surface area contributed by atoms with Gasteiger partial charge in [0.25, 0.3) is 0 Å². The van der Waals surface area contributed by atoms with Gasteiger partial charge in [0.1, 0.15) is 18.1 Å². The maximum absolute atomic E-state index is 5.94. The number of nitrogens with two attached hydrogens (primary N) is 1. The van der Waals surface area contributed by atoms with E-state index in [1.165, 1.54) is 11.3 Å². The van der Waals surface area contributed by atoms with Crippen LogP contribution in [0.15, 0.2) is 77.8 Å². The Balaban J connectivity index is 1.50. The number of hydrogen-bond donors (Lipinski definition) is 1. The van der Waals surface area contributed by atoms with Crippen molar-refractivity contribution in [3.05, 3.63) is 84.0 Å². The van der Waals surface area contributed by atoms with Crippen LogP contribution < -0.4 is 20.8 Å². The molecule has 8 heteroatoms. The lowest BCUT2D eigenvalue weighted by atomic mass is 10.2. The minimum atomic E-state index is 0.181. The molecule has 2 N–H and O–H groups in total. The molecule has 0 amide bonds. The molecule has 2 heterocycles. The third kappa shape index (κ3) is 3.93. The smallest absolute Gasteiger partial charge is 0.240 e. The Morgan fingerprint density at radius 1 is 0.968 bits per heavy atom. The lowest BCUT2D eigenvalue weighted by Crippen LogP contribution is -2.20. The number of methoxy groups -OCH3 is 1. The average Bonchev–Trinajstić information content (AvgIpc) is 3.16. The van der Waals surface area contributed by atoms with Crippen molar-refractivity contribution in [1.82, 2.24) is 14.4 Å². The summed E-state index contributed by atoms with van der Waals surface area (Å²) in [6.07, 6.45) is 0. The minimum Gasteiger partial charge on any atom is -0.497 e. The first-order valence-electron chi connectivity index (χ1n) is 9.64. The van der Waals surface area contributed by atoms with Crippen LogP contribution in [0.2, 0.25) is 0 Å². The summed E-state index contributed by atoms with van der Waals surface area (Å²) < 4.78 is 14.1. The molecular weight excluding hydrogens is 410 g/mol. The molecule has 7 nitrogen and oxygen atoms in total. The van der Waals surface area contributed by atoms with Gasteiger partial charge in [-0.2, -0.15) is 9.97 Å². The van der Waals surface area contributed by atoms with Crippen molar-refractivity contribution in [3.8, 4) is 11.5 Å². The van der Waals surface area contributed by atoms with E-state index >= 15 is 0 Å². The molecule has 31 heavy (non-hydrogen) atoms. The summed E-state index contributed by atoms with van der Waals surface area (Å²) in [6, 6.07) is 23.5. The Bertz CT molecular complexity index is 1430. The predicted octanol–water partition coefficient (Wildman–Crippen LogP) is 4.35. The summed E-state index contributed by atoms with van der Waals surface area (Å²) in [5, 5.41) is 0. The fraction of sp³-hybridized carbons (Fsp3) is 0.0870. The van der Waals surface area contributed by atoms with Crippen molar-refractivity contribution in [2.45, 2.75) is 6.61 Å². The highest BCUT2D eigenvalue weighted by Crippen LogP contribution is 2.28. The van der Waals surface area contributed by atoms with Gasteiger partial charge in [0.05, 0.1) is 23.0 Å². The fourth-order valence-corrected chi connectivity index (χ4v) is 4.27. The zero-order chi connectivity index (χ0) is 21.2. The maximum Gasteiger partial charge on any atom is 0.240 e. The van der Waals surface area contributed by atoms with Gasteiger partial charge in [0.2, 0.25) is 16.5 Å². The van der Waals surface area contributed by atoms with Gasteiger partial charge in [-0.15, -0.1) is 0 Å². The SMILES string of the molecule is COc1ccc2c(c1)sc1nc(N)nc(=Nc3ccc(OCc4ccccc4)cc3)n12. The van der Waals surface area contributed by atoms with Gasteiger partial charge in [0.15, 0.2) is 0 Å². The van der Waals surface area contributed by atoms with E-state index in [0.717, 1.165) is 37.9 Å². The first-order valence-corrected chi connectivity index (χ1v) is 10.5. The van der Waals surface area contributed by atoms with Crippen LogP contribution in [0.4, 0.5) is 11.6 Å². The maximum atomic E-state index is 5.94. The predicted molar refractivity (Wildman–Crippen MR) is 122 cm³/mol. The van der Waals surface area contributed by atoms with Crippen LogP contribution in [0.5, 0.6) is 11.5 Å².